The molecule has 1 N–H and O–H groups in total. The molecule has 0 aromatic heterocycles. The summed E-state index contributed by atoms with van der Waals surface area (Å²) in [5, 5.41) is 9.95. The first-order chi connectivity index (χ1) is 7.08. The van der Waals surface area contributed by atoms with Crippen LogP contribution in [-0.2, 0) is 14.6 Å². The molecule has 2 atom stereocenters. The third-order valence-corrected chi connectivity index (χ3v) is 3.31. The van der Waals surface area contributed by atoms with Gasteiger partial charge in [0.05, 0.1) is 18.0 Å². The van der Waals surface area contributed by atoms with Gasteiger partial charge in [0.1, 0.15) is 9.84 Å². The summed E-state index contributed by atoms with van der Waals surface area (Å²) < 4.78 is 27.5. The van der Waals surface area contributed by atoms with E-state index in [0.29, 0.717) is 6.61 Å². The number of ether oxygens (including phenoxy) is 1. The maximum Gasteiger partial charge on any atom is 0.147 e. The maximum absolute atomic E-state index is 11.0. The number of rotatable bonds is 6. The van der Waals surface area contributed by atoms with Gasteiger partial charge in [-0.2, -0.15) is 0 Å². The molecular formula is C11H24O4S. The Hall–Kier alpha value is -0.130. The van der Waals surface area contributed by atoms with E-state index in [-0.39, 0.29) is 23.7 Å². The summed E-state index contributed by atoms with van der Waals surface area (Å²) in [5.41, 5.74) is -0.201. The summed E-state index contributed by atoms with van der Waals surface area (Å²) in [5.74, 6) is -0.00613. The van der Waals surface area contributed by atoms with Gasteiger partial charge >= 0.3 is 0 Å². The van der Waals surface area contributed by atoms with Gasteiger partial charge in [0.15, 0.2) is 0 Å². The minimum atomic E-state index is -3.03. The van der Waals surface area contributed by atoms with Crippen LogP contribution in [0.1, 0.15) is 34.1 Å². The molecule has 0 amide bonds. The number of sulfone groups is 1. The number of aliphatic hydroxyl groups is 1. The molecule has 16 heavy (non-hydrogen) atoms. The normalized spacial score (nSPS) is 17.1. The van der Waals surface area contributed by atoms with Crippen molar-refractivity contribution in [2.24, 2.45) is 5.41 Å². The van der Waals surface area contributed by atoms with E-state index in [1.165, 1.54) is 6.26 Å². The van der Waals surface area contributed by atoms with Gasteiger partial charge in [0, 0.05) is 12.9 Å². The Kier molecular flexibility index (Phi) is 5.93. The average molecular weight is 252 g/mol. The summed E-state index contributed by atoms with van der Waals surface area (Å²) in [6.45, 7) is 8.28. The van der Waals surface area contributed by atoms with Gasteiger partial charge in [-0.05, 0) is 18.8 Å². The highest BCUT2D eigenvalue weighted by molar-refractivity contribution is 7.90. The van der Waals surface area contributed by atoms with Crippen LogP contribution in [-0.4, -0.2) is 44.3 Å². The summed E-state index contributed by atoms with van der Waals surface area (Å²) in [7, 11) is -3.03. The molecule has 0 aromatic carbocycles. The molecule has 0 aromatic rings. The first kappa shape index (κ1) is 15.9. The standard InChI is InChI=1S/C11H24O4S/c1-6-15-10(11(2,3)4)9(12)7-8-16(5,13)14/h9-10,12H,6-8H2,1-5H3. The molecule has 0 bridgehead atoms. The predicted molar refractivity (Wildman–Crippen MR) is 65.2 cm³/mol. The van der Waals surface area contributed by atoms with Crippen molar-refractivity contribution < 1.29 is 18.3 Å². The second-order valence-corrected chi connectivity index (χ2v) is 7.49. The van der Waals surface area contributed by atoms with Gasteiger partial charge in [0.2, 0.25) is 0 Å². The molecule has 0 aliphatic heterocycles. The smallest absolute Gasteiger partial charge is 0.147 e. The minimum absolute atomic E-state index is 0.00613. The van der Waals surface area contributed by atoms with E-state index in [9.17, 15) is 13.5 Å². The Morgan fingerprint density at radius 1 is 1.31 bits per heavy atom. The van der Waals surface area contributed by atoms with Crippen molar-refractivity contribution in [3.8, 4) is 0 Å². The van der Waals surface area contributed by atoms with Gasteiger partial charge in [-0.15, -0.1) is 0 Å². The first-order valence-corrected chi connectivity index (χ1v) is 7.61. The second-order valence-electron chi connectivity index (χ2n) is 5.23. The lowest BCUT2D eigenvalue weighted by atomic mass is 9.85. The van der Waals surface area contributed by atoms with Crippen LogP contribution in [0.2, 0.25) is 0 Å². The van der Waals surface area contributed by atoms with Gasteiger partial charge in [-0.1, -0.05) is 20.8 Å². The zero-order chi connectivity index (χ0) is 13.0. The molecule has 4 nitrogen and oxygen atoms in total. The lowest BCUT2D eigenvalue weighted by Gasteiger charge is -2.34. The number of hydrogen-bond acceptors (Lipinski definition) is 4. The van der Waals surface area contributed by atoms with E-state index in [1.54, 1.807) is 0 Å². The molecule has 0 spiro atoms. The maximum atomic E-state index is 11.0. The Labute approximate surface area is 98.9 Å². The summed E-state index contributed by atoms with van der Waals surface area (Å²) in [6.07, 6.45) is 0.321. The molecular weight excluding hydrogens is 228 g/mol. The van der Waals surface area contributed by atoms with Crippen LogP contribution in [0.5, 0.6) is 0 Å². The average Bonchev–Trinajstić information content (AvgIpc) is 2.07. The Bertz CT molecular complexity index is 290. The van der Waals surface area contributed by atoms with E-state index >= 15 is 0 Å². The highest BCUT2D eigenvalue weighted by Crippen LogP contribution is 2.26. The molecule has 0 radical (unpaired) electrons. The number of aliphatic hydroxyl groups excluding tert-OH is 1. The topological polar surface area (TPSA) is 63.6 Å². The molecule has 0 aliphatic carbocycles. The molecule has 0 fully saturated rings. The fourth-order valence-corrected chi connectivity index (χ4v) is 2.27. The molecule has 0 saturated heterocycles. The van der Waals surface area contributed by atoms with Gasteiger partial charge in [-0.25, -0.2) is 8.42 Å². The van der Waals surface area contributed by atoms with Crippen molar-refractivity contribution in [2.45, 2.75) is 46.3 Å². The number of hydrogen-bond donors (Lipinski definition) is 1. The van der Waals surface area contributed by atoms with Crippen LogP contribution < -0.4 is 0 Å². The zero-order valence-corrected chi connectivity index (χ0v) is 11.7. The van der Waals surface area contributed by atoms with Crippen LogP contribution in [0.15, 0.2) is 0 Å². The van der Waals surface area contributed by atoms with Crippen molar-refractivity contribution >= 4 is 9.84 Å². The van der Waals surface area contributed by atoms with Crippen molar-refractivity contribution in [3.63, 3.8) is 0 Å². The summed E-state index contributed by atoms with van der Waals surface area (Å²) in [6, 6.07) is 0. The fourth-order valence-electron chi connectivity index (χ4n) is 1.60. The van der Waals surface area contributed by atoms with Crippen LogP contribution in [0.3, 0.4) is 0 Å². The van der Waals surface area contributed by atoms with E-state index in [4.69, 9.17) is 4.74 Å². The molecule has 2 unspecified atom stereocenters. The zero-order valence-electron chi connectivity index (χ0n) is 10.9. The highest BCUT2D eigenvalue weighted by Gasteiger charge is 2.32. The quantitative estimate of drug-likeness (QED) is 0.772. The van der Waals surface area contributed by atoms with Crippen LogP contribution in [0.4, 0.5) is 0 Å². The van der Waals surface area contributed by atoms with Gasteiger partial charge < -0.3 is 9.84 Å². The first-order valence-electron chi connectivity index (χ1n) is 5.55. The van der Waals surface area contributed by atoms with E-state index in [0.717, 1.165) is 0 Å². The summed E-state index contributed by atoms with van der Waals surface area (Å²) >= 11 is 0. The third kappa shape index (κ3) is 6.45. The molecule has 0 saturated carbocycles. The molecule has 5 heteroatoms. The molecule has 0 aliphatic rings. The molecule has 0 rings (SSSR count). The van der Waals surface area contributed by atoms with Crippen molar-refractivity contribution in [3.05, 3.63) is 0 Å². The van der Waals surface area contributed by atoms with Crippen LogP contribution >= 0.6 is 0 Å². The highest BCUT2D eigenvalue weighted by atomic mass is 32.2. The van der Waals surface area contributed by atoms with Crippen LogP contribution in [0, 0.1) is 5.41 Å². The third-order valence-electron chi connectivity index (χ3n) is 2.33. The SMILES string of the molecule is CCOC(C(O)CCS(C)(=O)=O)C(C)(C)C. The van der Waals surface area contributed by atoms with Gasteiger partial charge in [0.25, 0.3) is 0 Å². The van der Waals surface area contributed by atoms with Crippen molar-refractivity contribution in [2.75, 3.05) is 18.6 Å². The summed E-state index contributed by atoms with van der Waals surface area (Å²) in [4.78, 5) is 0. The van der Waals surface area contributed by atoms with E-state index in [1.807, 2.05) is 27.7 Å². The Morgan fingerprint density at radius 2 is 1.81 bits per heavy atom. The van der Waals surface area contributed by atoms with Crippen LogP contribution in [0.25, 0.3) is 0 Å². The molecule has 0 heterocycles. The van der Waals surface area contributed by atoms with Gasteiger partial charge in [-0.3, -0.25) is 0 Å². The monoisotopic (exact) mass is 252 g/mol. The lowest BCUT2D eigenvalue weighted by Crippen LogP contribution is -2.41. The lowest BCUT2D eigenvalue weighted by molar-refractivity contribution is -0.0884. The second kappa shape index (κ2) is 5.98. The fraction of sp³-hybridized carbons (Fsp3) is 1.00. The van der Waals surface area contributed by atoms with E-state index in [2.05, 4.69) is 0 Å². The largest absolute Gasteiger partial charge is 0.390 e. The molecule has 98 valence electrons. The van der Waals surface area contributed by atoms with E-state index < -0.39 is 15.9 Å². The Balaban J connectivity index is 4.45. The van der Waals surface area contributed by atoms with Crippen molar-refractivity contribution in [1.82, 2.24) is 0 Å². The Morgan fingerprint density at radius 3 is 2.12 bits per heavy atom. The minimum Gasteiger partial charge on any atom is -0.390 e. The van der Waals surface area contributed by atoms with Crippen molar-refractivity contribution in [1.29, 1.82) is 0 Å². The predicted octanol–water partition coefficient (Wildman–Crippen LogP) is 1.23.